The molecular formula is C18H22N8S. The van der Waals surface area contributed by atoms with Gasteiger partial charge in [0, 0.05) is 55.8 Å². The van der Waals surface area contributed by atoms with E-state index < -0.39 is 0 Å². The number of piperidine rings is 1. The Hall–Kier alpha value is -2.39. The predicted octanol–water partition coefficient (Wildman–Crippen LogP) is 2.36. The Balaban J connectivity index is 1.35. The molecule has 0 saturated carbocycles. The summed E-state index contributed by atoms with van der Waals surface area (Å²) < 4.78 is 8.59. The second-order valence-electron chi connectivity index (χ2n) is 7.08. The third-order valence-corrected chi connectivity index (χ3v) is 6.07. The predicted molar refractivity (Wildman–Crippen MR) is 108 cm³/mol. The molecule has 0 spiro atoms. The number of anilines is 1. The molecule has 5 rings (SSSR count). The minimum absolute atomic E-state index is 0.208. The molecule has 1 saturated heterocycles. The van der Waals surface area contributed by atoms with Crippen LogP contribution in [0.15, 0.2) is 35.4 Å². The molecule has 0 radical (unpaired) electrons. The van der Waals surface area contributed by atoms with Crippen LogP contribution < -0.4 is 10.6 Å². The third-order valence-electron chi connectivity index (χ3n) is 5.19. The van der Waals surface area contributed by atoms with Crippen molar-refractivity contribution in [3.63, 3.8) is 0 Å². The highest BCUT2D eigenvalue weighted by Gasteiger charge is 2.28. The van der Waals surface area contributed by atoms with Gasteiger partial charge in [-0.05, 0) is 31.3 Å². The lowest BCUT2D eigenvalue weighted by molar-refractivity contribution is 0.455. The second kappa shape index (κ2) is 6.97. The summed E-state index contributed by atoms with van der Waals surface area (Å²) in [6.45, 7) is 2.18. The zero-order chi connectivity index (χ0) is 18.2. The van der Waals surface area contributed by atoms with Crippen LogP contribution in [-0.2, 0) is 7.05 Å². The molecule has 3 aromatic heterocycles. The highest BCUT2D eigenvalue weighted by molar-refractivity contribution is 7.99. The molecule has 2 N–H and O–H groups in total. The molecule has 2 unspecified atom stereocenters. The van der Waals surface area contributed by atoms with Gasteiger partial charge in [0.1, 0.15) is 5.37 Å². The fourth-order valence-corrected chi connectivity index (χ4v) is 4.69. The summed E-state index contributed by atoms with van der Waals surface area (Å²) in [5.74, 6) is 1.37. The fraction of sp³-hybridized carbons (Fsp3) is 0.444. The maximum absolute atomic E-state index is 4.74. The van der Waals surface area contributed by atoms with E-state index in [-0.39, 0.29) is 5.37 Å². The molecule has 27 heavy (non-hydrogen) atoms. The van der Waals surface area contributed by atoms with Crippen LogP contribution in [0, 0.1) is 5.92 Å². The van der Waals surface area contributed by atoms with Crippen molar-refractivity contribution in [2.45, 2.75) is 24.6 Å². The fourth-order valence-electron chi connectivity index (χ4n) is 3.79. The lowest BCUT2D eigenvalue weighted by atomic mass is 9.93. The first-order valence-electron chi connectivity index (χ1n) is 9.29. The van der Waals surface area contributed by atoms with Gasteiger partial charge < -0.3 is 10.6 Å². The molecule has 0 bridgehead atoms. The maximum atomic E-state index is 4.74. The minimum Gasteiger partial charge on any atom is -0.353 e. The third kappa shape index (κ3) is 3.21. The Kier molecular flexibility index (Phi) is 4.33. The van der Waals surface area contributed by atoms with Crippen LogP contribution in [0.4, 0.5) is 5.82 Å². The van der Waals surface area contributed by atoms with E-state index in [1.807, 2.05) is 38.0 Å². The largest absolute Gasteiger partial charge is 0.353 e. The zero-order valence-electron chi connectivity index (χ0n) is 15.2. The summed E-state index contributed by atoms with van der Waals surface area (Å²) in [6.07, 6.45) is 12.9. The number of imidazole rings is 1. The Labute approximate surface area is 161 Å². The highest BCUT2D eigenvalue weighted by atomic mass is 32.2. The number of nitrogens with zero attached hydrogens (tertiary/aromatic N) is 6. The number of nitrogens with one attached hydrogen (secondary N) is 2. The van der Waals surface area contributed by atoms with Crippen LogP contribution in [-0.4, -0.2) is 48.3 Å². The lowest BCUT2D eigenvalue weighted by Crippen LogP contribution is -2.34. The van der Waals surface area contributed by atoms with Crippen molar-refractivity contribution in [2.75, 3.05) is 18.4 Å². The molecule has 2 aliphatic heterocycles. The monoisotopic (exact) mass is 382 g/mol. The smallest absolute Gasteiger partial charge is 0.180 e. The normalized spacial score (nSPS) is 22.9. The molecule has 0 aliphatic carbocycles. The second-order valence-corrected chi connectivity index (χ2v) is 8.05. The molecule has 8 nitrogen and oxygen atoms in total. The van der Waals surface area contributed by atoms with Gasteiger partial charge in [-0.25, -0.2) is 14.4 Å². The number of fused-ring (bicyclic) bond motifs is 1. The first-order valence-corrected chi connectivity index (χ1v) is 10.1. The Morgan fingerprint density at radius 3 is 3.07 bits per heavy atom. The van der Waals surface area contributed by atoms with Crippen molar-refractivity contribution in [1.82, 2.24) is 29.5 Å². The number of hydrogen-bond donors (Lipinski definition) is 2. The van der Waals surface area contributed by atoms with E-state index in [4.69, 9.17) is 4.40 Å². The molecule has 0 amide bonds. The Morgan fingerprint density at radius 2 is 2.26 bits per heavy atom. The van der Waals surface area contributed by atoms with Gasteiger partial charge in [-0.15, -0.1) is 0 Å². The summed E-state index contributed by atoms with van der Waals surface area (Å²) in [5.41, 5.74) is 4.18. The standard InChI is InChI=1S/C18H22N8S/c1-25-11-13(9-22-25)15-10-21-18-17(20-5-6-26(15)18)23-16-7-14(24-27-16)12-3-2-4-19-8-12/h5-6,9-12,16,19H,2-4,7-8H2,1H3,(H,20,23). The van der Waals surface area contributed by atoms with Gasteiger partial charge in [-0.1, -0.05) is 0 Å². The van der Waals surface area contributed by atoms with Crippen LogP contribution in [0.25, 0.3) is 16.9 Å². The van der Waals surface area contributed by atoms with E-state index in [0.717, 1.165) is 42.2 Å². The van der Waals surface area contributed by atoms with Crippen molar-refractivity contribution in [3.05, 3.63) is 31.0 Å². The van der Waals surface area contributed by atoms with Gasteiger partial charge in [0.25, 0.3) is 0 Å². The average molecular weight is 382 g/mol. The summed E-state index contributed by atoms with van der Waals surface area (Å²) >= 11 is 1.61. The SMILES string of the molecule is Cn1cc(-c2cnc3c(NC4CC(C5CCCNC5)=NS4)nccn23)cn1. The van der Waals surface area contributed by atoms with Crippen molar-refractivity contribution >= 4 is 29.1 Å². The van der Waals surface area contributed by atoms with Crippen LogP contribution >= 0.6 is 11.9 Å². The van der Waals surface area contributed by atoms with Crippen LogP contribution in [0.5, 0.6) is 0 Å². The van der Waals surface area contributed by atoms with Gasteiger partial charge in [-0.2, -0.15) is 5.10 Å². The van der Waals surface area contributed by atoms with Crippen LogP contribution in [0.2, 0.25) is 0 Å². The van der Waals surface area contributed by atoms with Crippen molar-refractivity contribution in [1.29, 1.82) is 0 Å². The van der Waals surface area contributed by atoms with Gasteiger partial charge in [0.2, 0.25) is 0 Å². The van der Waals surface area contributed by atoms with E-state index in [1.165, 1.54) is 18.6 Å². The lowest BCUT2D eigenvalue weighted by Gasteiger charge is -2.22. The molecular weight excluding hydrogens is 360 g/mol. The van der Waals surface area contributed by atoms with Crippen LogP contribution in [0.3, 0.4) is 0 Å². The summed E-state index contributed by atoms with van der Waals surface area (Å²) in [7, 11) is 1.91. The molecule has 0 aromatic carbocycles. The number of hydrogen-bond acceptors (Lipinski definition) is 7. The van der Waals surface area contributed by atoms with Gasteiger partial charge >= 0.3 is 0 Å². The van der Waals surface area contributed by atoms with Gasteiger partial charge in [-0.3, -0.25) is 9.08 Å². The molecule has 5 heterocycles. The summed E-state index contributed by atoms with van der Waals surface area (Å²) in [4.78, 5) is 9.13. The van der Waals surface area contributed by atoms with Crippen molar-refractivity contribution in [3.8, 4) is 11.3 Å². The van der Waals surface area contributed by atoms with E-state index in [1.54, 1.807) is 16.6 Å². The zero-order valence-corrected chi connectivity index (χ0v) is 16.0. The van der Waals surface area contributed by atoms with E-state index in [0.29, 0.717) is 5.92 Å². The molecule has 3 aromatic rings. The Bertz CT molecular complexity index is 984. The molecule has 2 atom stereocenters. The molecule has 2 aliphatic rings. The highest BCUT2D eigenvalue weighted by Crippen LogP contribution is 2.32. The van der Waals surface area contributed by atoms with Crippen LogP contribution in [0.1, 0.15) is 19.3 Å². The molecule has 9 heteroatoms. The molecule has 1 fully saturated rings. The van der Waals surface area contributed by atoms with Crippen molar-refractivity contribution in [2.24, 2.45) is 17.4 Å². The quantitative estimate of drug-likeness (QED) is 0.674. The van der Waals surface area contributed by atoms with E-state index in [9.17, 15) is 0 Å². The summed E-state index contributed by atoms with van der Waals surface area (Å²) in [6, 6.07) is 0. The number of aryl methyl sites for hydroxylation is 1. The first-order chi connectivity index (χ1) is 13.3. The van der Waals surface area contributed by atoms with E-state index in [2.05, 4.69) is 30.1 Å². The maximum Gasteiger partial charge on any atom is 0.180 e. The first kappa shape index (κ1) is 16.8. The topological polar surface area (TPSA) is 84.4 Å². The molecule has 140 valence electrons. The number of aromatic nitrogens is 5. The number of rotatable bonds is 4. The summed E-state index contributed by atoms with van der Waals surface area (Å²) in [5, 5.41) is 11.5. The minimum atomic E-state index is 0.208. The average Bonchev–Trinajstić information content (AvgIpc) is 3.42. The van der Waals surface area contributed by atoms with Gasteiger partial charge in [0.15, 0.2) is 11.5 Å². The van der Waals surface area contributed by atoms with E-state index >= 15 is 0 Å². The van der Waals surface area contributed by atoms with Crippen molar-refractivity contribution < 1.29 is 0 Å². The van der Waals surface area contributed by atoms with Gasteiger partial charge in [0.05, 0.1) is 18.1 Å². The Morgan fingerprint density at radius 1 is 1.30 bits per heavy atom.